The molecule has 1 heterocycles. The fourth-order valence-electron chi connectivity index (χ4n) is 3.36. The van der Waals surface area contributed by atoms with Gasteiger partial charge in [-0.2, -0.15) is 0 Å². The number of fused-ring (bicyclic) bond motifs is 1. The van der Waals surface area contributed by atoms with Crippen molar-refractivity contribution in [2.24, 2.45) is 0 Å². The molecule has 118 valence electrons. The average Bonchev–Trinajstić information content (AvgIpc) is 2.90. The first-order valence-electron chi connectivity index (χ1n) is 8.13. The second kappa shape index (κ2) is 5.64. The number of rotatable bonds is 3. The predicted octanol–water partition coefficient (Wildman–Crippen LogP) is 4.71. The summed E-state index contributed by atoms with van der Waals surface area (Å²) in [6.45, 7) is 1.99. The van der Waals surface area contributed by atoms with Crippen LogP contribution in [0.5, 0.6) is 5.75 Å². The third-order valence-electron chi connectivity index (χ3n) is 4.57. The van der Waals surface area contributed by atoms with Crippen LogP contribution in [-0.2, 0) is 12.0 Å². The highest BCUT2D eigenvalue weighted by Gasteiger charge is 2.49. The van der Waals surface area contributed by atoms with Gasteiger partial charge in [-0.1, -0.05) is 72.3 Å². The monoisotopic (exact) mass is 314 g/mol. The minimum absolute atomic E-state index is 0.0382. The zero-order valence-electron chi connectivity index (χ0n) is 13.5. The van der Waals surface area contributed by atoms with Crippen LogP contribution in [0.3, 0.4) is 0 Å². The van der Waals surface area contributed by atoms with E-state index in [4.69, 9.17) is 4.74 Å². The van der Waals surface area contributed by atoms with Crippen LogP contribution in [0.4, 0.5) is 0 Å². The van der Waals surface area contributed by atoms with Gasteiger partial charge in [0.15, 0.2) is 0 Å². The zero-order chi connectivity index (χ0) is 16.6. The number of aryl methyl sites for hydroxylation is 1. The molecule has 3 aromatic carbocycles. The van der Waals surface area contributed by atoms with Crippen LogP contribution in [0.15, 0.2) is 78.9 Å². The molecule has 0 radical (unpaired) electrons. The van der Waals surface area contributed by atoms with Crippen molar-refractivity contribution in [1.82, 2.24) is 0 Å². The normalized spacial score (nSPS) is 19.0. The van der Waals surface area contributed by atoms with Crippen molar-refractivity contribution in [3.05, 3.63) is 101 Å². The summed E-state index contributed by atoms with van der Waals surface area (Å²) in [6, 6.07) is 25.6. The molecular formula is C22H18O2. The van der Waals surface area contributed by atoms with Crippen LogP contribution in [-0.4, -0.2) is 5.78 Å². The zero-order valence-corrected chi connectivity index (χ0v) is 13.5. The number of Topliss-reactive ketones (excluding diaryl/α,β-unsaturated/α-hetero) is 1. The Labute approximate surface area is 141 Å². The molecule has 0 amide bonds. The number of ether oxygens (including phenoxy) is 1. The molecule has 1 atom stereocenters. The minimum Gasteiger partial charge on any atom is -0.473 e. The first-order valence-corrected chi connectivity index (χ1v) is 8.13. The van der Waals surface area contributed by atoms with E-state index in [0.717, 1.165) is 16.7 Å². The maximum absolute atomic E-state index is 13.4. The van der Waals surface area contributed by atoms with Gasteiger partial charge >= 0.3 is 0 Å². The Morgan fingerprint density at radius 3 is 2.25 bits per heavy atom. The van der Waals surface area contributed by atoms with Crippen LogP contribution in [0.25, 0.3) is 0 Å². The second-order valence-corrected chi connectivity index (χ2v) is 6.29. The second-order valence-electron chi connectivity index (χ2n) is 6.29. The Balaban J connectivity index is 1.86. The number of carbonyl (C=O) groups excluding carboxylic acids is 1. The molecule has 0 fully saturated rings. The smallest absolute Gasteiger partial charge is 0.215 e. The molecule has 3 aromatic rings. The molecule has 1 aliphatic heterocycles. The Morgan fingerprint density at radius 1 is 0.875 bits per heavy atom. The van der Waals surface area contributed by atoms with Crippen molar-refractivity contribution in [3.63, 3.8) is 0 Å². The summed E-state index contributed by atoms with van der Waals surface area (Å²) in [5.74, 6) is 0.710. The van der Waals surface area contributed by atoms with E-state index in [9.17, 15) is 4.79 Å². The van der Waals surface area contributed by atoms with E-state index in [1.165, 1.54) is 0 Å². The quantitative estimate of drug-likeness (QED) is 0.700. The summed E-state index contributed by atoms with van der Waals surface area (Å²) >= 11 is 0. The Hall–Kier alpha value is -2.87. The highest BCUT2D eigenvalue weighted by Crippen LogP contribution is 2.43. The minimum atomic E-state index is -0.987. The number of benzene rings is 3. The third kappa shape index (κ3) is 2.31. The van der Waals surface area contributed by atoms with Crippen molar-refractivity contribution in [1.29, 1.82) is 0 Å². The van der Waals surface area contributed by atoms with E-state index in [1.807, 2.05) is 85.8 Å². The summed E-state index contributed by atoms with van der Waals surface area (Å²) in [6.07, 6.45) is 0.518. The molecule has 1 aliphatic rings. The molecule has 24 heavy (non-hydrogen) atoms. The third-order valence-corrected chi connectivity index (χ3v) is 4.57. The summed E-state index contributed by atoms with van der Waals surface area (Å²) in [7, 11) is 0. The molecule has 2 nitrogen and oxygen atoms in total. The van der Waals surface area contributed by atoms with Crippen molar-refractivity contribution < 1.29 is 9.53 Å². The molecule has 2 heteroatoms. The first-order chi connectivity index (χ1) is 11.7. The Morgan fingerprint density at radius 2 is 1.54 bits per heavy atom. The average molecular weight is 314 g/mol. The van der Waals surface area contributed by atoms with Crippen molar-refractivity contribution >= 4 is 5.78 Å². The molecule has 0 bridgehead atoms. The molecule has 0 saturated carbocycles. The van der Waals surface area contributed by atoms with E-state index in [1.54, 1.807) is 0 Å². The summed E-state index contributed by atoms with van der Waals surface area (Å²) in [4.78, 5) is 13.4. The molecule has 4 rings (SSSR count). The molecule has 0 N–H and O–H groups in total. The Kier molecular flexibility index (Phi) is 3.46. The fourth-order valence-corrected chi connectivity index (χ4v) is 3.36. The lowest BCUT2D eigenvalue weighted by Crippen LogP contribution is -2.39. The molecular weight excluding hydrogens is 296 g/mol. The van der Waals surface area contributed by atoms with Gasteiger partial charge in [-0.3, -0.25) is 4.79 Å². The number of hydrogen-bond donors (Lipinski definition) is 0. The van der Waals surface area contributed by atoms with Crippen LogP contribution in [0.2, 0.25) is 0 Å². The van der Waals surface area contributed by atoms with Crippen LogP contribution in [0, 0.1) is 6.92 Å². The van der Waals surface area contributed by atoms with Crippen LogP contribution in [0.1, 0.15) is 27.0 Å². The van der Waals surface area contributed by atoms with Gasteiger partial charge in [0.2, 0.25) is 11.4 Å². The number of hydrogen-bond acceptors (Lipinski definition) is 2. The summed E-state index contributed by atoms with van der Waals surface area (Å²) in [5, 5.41) is 0. The van der Waals surface area contributed by atoms with Gasteiger partial charge in [-0.25, -0.2) is 0 Å². The van der Waals surface area contributed by atoms with Crippen molar-refractivity contribution in [3.8, 4) is 5.75 Å². The van der Waals surface area contributed by atoms with E-state index in [-0.39, 0.29) is 5.78 Å². The van der Waals surface area contributed by atoms with E-state index in [2.05, 4.69) is 0 Å². The van der Waals surface area contributed by atoms with Gasteiger partial charge in [0.25, 0.3) is 0 Å². The highest BCUT2D eigenvalue weighted by atomic mass is 16.5. The van der Waals surface area contributed by atoms with Gasteiger partial charge in [-0.15, -0.1) is 0 Å². The van der Waals surface area contributed by atoms with E-state index >= 15 is 0 Å². The SMILES string of the molecule is Cc1ccc2c(c1)C(=O)C(Cc1ccccc1)(c1ccccc1)O2. The maximum atomic E-state index is 13.4. The van der Waals surface area contributed by atoms with Crippen LogP contribution < -0.4 is 4.74 Å². The lowest BCUT2D eigenvalue weighted by Gasteiger charge is -2.28. The van der Waals surface area contributed by atoms with E-state index < -0.39 is 5.60 Å². The van der Waals surface area contributed by atoms with Gasteiger partial charge in [0, 0.05) is 12.0 Å². The molecule has 0 aromatic heterocycles. The van der Waals surface area contributed by atoms with Gasteiger partial charge < -0.3 is 4.74 Å². The summed E-state index contributed by atoms with van der Waals surface area (Å²) < 4.78 is 6.30. The van der Waals surface area contributed by atoms with Gasteiger partial charge in [-0.05, 0) is 24.6 Å². The Bertz CT molecular complexity index is 884. The fraction of sp³-hybridized carbons (Fsp3) is 0.136. The predicted molar refractivity (Wildman–Crippen MR) is 94.4 cm³/mol. The van der Waals surface area contributed by atoms with Crippen LogP contribution >= 0.6 is 0 Å². The molecule has 1 unspecified atom stereocenters. The molecule has 0 spiro atoms. The summed E-state index contributed by atoms with van der Waals surface area (Å²) in [5.41, 5.74) is 2.73. The van der Waals surface area contributed by atoms with Gasteiger partial charge in [0.1, 0.15) is 5.75 Å². The standard InChI is InChI=1S/C22H18O2/c1-16-12-13-20-19(14-16)21(23)22(24-20,18-10-6-3-7-11-18)15-17-8-4-2-5-9-17/h2-14H,15H2,1H3. The highest BCUT2D eigenvalue weighted by molar-refractivity contribution is 6.08. The van der Waals surface area contributed by atoms with Crippen molar-refractivity contribution in [2.45, 2.75) is 18.9 Å². The molecule has 0 saturated heterocycles. The topological polar surface area (TPSA) is 26.3 Å². The maximum Gasteiger partial charge on any atom is 0.215 e. The van der Waals surface area contributed by atoms with E-state index in [0.29, 0.717) is 17.7 Å². The number of carbonyl (C=O) groups is 1. The lowest BCUT2D eigenvalue weighted by molar-refractivity contribution is 0.0549. The van der Waals surface area contributed by atoms with Crippen molar-refractivity contribution in [2.75, 3.05) is 0 Å². The first kappa shape index (κ1) is 14.7. The lowest BCUT2D eigenvalue weighted by atomic mass is 9.82. The largest absolute Gasteiger partial charge is 0.473 e. The van der Waals surface area contributed by atoms with Gasteiger partial charge in [0.05, 0.1) is 5.56 Å². The molecule has 0 aliphatic carbocycles. The number of ketones is 1.